The van der Waals surface area contributed by atoms with Crippen molar-refractivity contribution >= 4 is 45.7 Å². The lowest BCUT2D eigenvalue weighted by Crippen LogP contribution is -2.46. The number of carbonyl (C=O) groups is 1. The van der Waals surface area contributed by atoms with Gasteiger partial charge in [-0.3, -0.25) is 14.8 Å². The van der Waals surface area contributed by atoms with E-state index in [1.807, 2.05) is 61.1 Å². The summed E-state index contributed by atoms with van der Waals surface area (Å²) < 4.78 is 0. The number of aromatic nitrogens is 3. The topological polar surface area (TPSA) is 74.2 Å². The number of nitrogens with zero attached hydrogens (tertiary/aromatic N) is 5. The van der Waals surface area contributed by atoms with Crippen molar-refractivity contribution in [3.05, 3.63) is 108 Å². The van der Waals surface area contributed by atoms with E-state index in [1.165, 1.54) is 5.69 Å². The minimum absolute atomic E-state index is 0.0693. The van der Waals surface area contributed by atoms with Crippen LogP contribution in [0.2, 0.25) is 5.02 Å². The third-order valence-corrected chi connectivity index (χ3v) is 7.19. The average molecular weight is 535 g/mol. The van der Waals surface area contributed by atoms with Crippen molar-refractivity contribution in [3.63, 3.8) is 0 Å². The predicted octanol–water partition coefficient (Wildman–Crippen LogP) is 5.85. The van der Waals surface area contributed by atoms with Gasteiger partial charge in [-0.25, -0.2) is 4.98 Å². The van der Waals surface area contributed by atoms with Crippen molar-refractivity contribution in [2.24, 2.45) is 0 Å². The van der Waals surface area contributed by atoms with E-state index < -0.39 is 0 Å². The highest BCUT2D eigenvalue weighted by molar-refractivity contribution is 6.30. The van der Waals surface area contributed by atoms with Gasteiger partial charge in [-0.05, 0) is 65.2 Å². The maximum absolute atomic E-state index is 12.5. The zero-order chi connectivity index (χ0) is 26.6. The number of amides is 1. The Morgan fingerprint density at radius 2 is 1.49 bits per heavy atom. The summed E-state index contributed by atoms with van der Waals surface area (Å²) in [6.45, 7) is 3.61. The molecule has 39 heavy (non-hydrogen) atoms. The van der Waals surface area contributed by atoms with Crippen molar-refractivity contribution in [3.8, 4) is 11.1 Å². The number of hydrogen-bond acceptors (Lipinski definition) is 6. The Morgan fingerprint density at radius 3 is 2.23 bits per heavy atom. The molecule has 3 heterocycles. The lowest BCUT2D eigenvalue weighted by atomic mass is 10.0. The van der Waals surface area contributed by atoms with E-state index in [0.717, 1.165) is 65.4 Å². The zero-order valence-corrected chi connectivity index (χ0v) is 22.1. The Kier molecular flexibility index (Phi) is 7.06. The molecule has 1 amide bonds. The van der Waals surface area contributed by atoms with Gasteiger partial charge in [-0.15, -0.1) is 0 Å². The first-order valence-electron chi connectivity index (χ1n) is 12.9. The number of fused-ring (bicyclic) bond motifs is 1. The van der Waals surface area contributed by atoms with E-state index in [0.29, 0.717) is 11.4 Å². The van der Waals surface area contributed by atoms with E-state index in [1.54, 1.807) is 12.1 Å². The smallest absolute Gasteiger partial charge is 0.228 e. The van der Waals surface area contributed by atoms with Gasteiger partial charge in [-0.1, -0.05) is 41.9 Å². The molecular weight excluding hydrogens is 508 g/mol. The molecule has 8 heteroatoms. The summed E-state index contributed by atoms with van der Waals surface area (Å²) in [4.78, 5) is 30.9. The van der Waals surface area contributed by atoms with Gasteiger partial charge < -0.3 is 15.1 Å². The minimum atomic E-state index is -0.0693. The number of piperazine rings is 1. The van der Waals surface area contributed by atoms with E-state index in [4.69, 9.17) is 16.6 Å². The second-order valence-electron chi connectivity index (χ2n) is 9.54. The number of pyridine rings is 1. The van der Waals surface area contributed by atoms with Crippen LogP contribution in [0.5, 0.6) is 0 Å². The standard InChI is InChI=1S/C31H27ClN6O/c32-25-6-1-22(2-7-25)19-31(39)35-26-8-3-23(4-9-26)24-5-10-28-29(20-24)36-30(21-34-28)38-17-15-37(16-18-38)27-11-13-33-14-12-27/h1-14,20-21H,15-19H2,(H,35,39). The van der Waals surface area contributed by atoms with E-state index in [9.17, 15) is 4.79 Å². The zero-order valence-electron chi connectivity index (χ0n) is 21.3. The molecule has 1 fully saturated rings. The van der Waals surface area contributed by atoms with Crippen LogP contribution in [-0.4, -0.2) is 47.0 Å². The molecule has 0 bridgehead atoms. The summed E-state index contributed by atoms with van der Waals surface area (Å²) >= 11 is 5.93. The third-order valence-electron chi connectivity index (χ3n) is 6.94. The molecule has 0 spiro atoms. The quantitative estimate of drug-likeness (QED) is 0.294. The molecule has 5 aromatic rings. The fourth-order valence-corrected chi connectivity index (χ4v) is 4.95. The monoisotopic (exact) mass is 534 g/mol. The van der Waals surface area contributed by atoms with Gasteiger partial charge >= 0.3 is 0 Å². The van der Waals surface area contributed by atoms with Crippen LogP contribution in [0.15, 0.2) is 97.5 Å². The number of halogens is 1. The van der Waals surface area contributed by atoms with Crippen LogP contribution in [-0.2, 0) is 11.2 Å². The number of benzene rings is 3. The first-order chi connectivity index (χ1) is 19.1. The van der Waals surface area contributed by atoms with E-state index in [2.05, 4.69) is 49.4 Å². The lowest BCUT2D eigenvalue weighted by Gasteiger charge is -2.36. The second-order valence-corrected chi connectivity index (χ2v) is 9.98. The number of carbonyl (C=O) groups excluding carboxylic acids is 1. The largest absolute Gasteiger partial charge is 0.368 e. The van der Waals surface area contributed by atoms with Crippen LogP contribution in [0.3, 0.4) is 0 Å². The molecule has 1 N–H and O–H groups in total. The fourth-order valence-electron chi connectivity index (χ4n) is 4.82. The highest BCUT2D eigenvalue weighted by Crippen LogP contribution is 2.26. The number of nitrogens with one attached hydrogen (secondary N) is 1. The van der Waals surface area contributed by atoms with Crippen LogP contribution >= 0.6 is 11.6 Å². The average Bonchev–Trinajstić information content (AvgIpc) is 2.99. The van der Waals surface area contributed by atoms with E-state index in [-0.39, 0.29) is 5.91 Å². The molecule has 194 valence electrons. The highest BCUT2D eigenvalue weighted by Gasteiger charge is 2.19. The molecule has 0 atom stereocenters. The lowest BCUT2D eigenvalue weighted by molar-refractivity contribution is -0.115. The molecule has 0 radical (unpaired) electrons. The molecule has 1 aliphatic rings. The van der Waals surface area contributed by atoms with Crippen LogP contribution in [0.25, 0.3) is 22.2 Å². The van der Waals surface area contributed by atoms with E-state index >= 15 is 0 Å². The van der Waals surface area contributed by atoms with Crippen LogP contribution in [0.1, 0.15) is 5.56 Å². The molecule has 0 saturated carbocycles. The van der Waals surface area contributed by atoms with Crippen LogP contribution in [0.4, 0.5) is 17.2 Å². The maximum atomic E-state index is 12.5. The number of rotatable bonds is 6. The predicted molar refractivity (Wildman–Crippen MR) is 157 cm³/mol. The number of anilines is 3. The minimum Gasteiger partial charge on any atom is -0.368 e. The second kappa shape index (κ2) is 11.1. The van der Waals surface area contributed by atoms with Crippen molar-refractivity contribution in [1.29, 1.82) is 0 Å². The summed E-state index contributed by atoms with van der Waals surface area (Å²) in [5.74, 6) is 0.827. The summed E-state index contributed by atoms with van der Waals surface area (Å²) in [5.41, 5.74) is 6.70. The van der Waals surface area contributed by atoms with Gasteiger partial charge in [0, 0.05) is 55.0 Å². The Bertz CT molecular complexity index is 1580. The van der Waals surface area contributed by atoms with Crippen molar-refractivity contribution < 1.29 is 4.79 Å². The molecule has 0 unspecified atom stereocenters. The molecule has 1 saturated heterocycles. The first kappa shape index (κ1) is 24.8. The molecule has 3 aromatic carbocycles. The van der Waals surface area contributed by atoms with Gasteiger partial charge in [0.25, 0.3) is 0 Å². The summed E-state index contributed by atoms with van der Waals surface area (Å²) in [7, 11) is 0. The third kappa shape index (κ3) is 5.84. The summed E-state index contributed by atoms with van der Waals surface area (Å²) in [6.07, 6.45) is 5.83. The Morgan fingerprint density at radius 1 is 0.795 bits per heavy atom. The summed E-state index contributed by atoms with van der Waals surface area (Å²) in [6, 6.07) is 25.4. The first-order valence-corrected chi connectivity index (χ1v) is 13.3. The molecule has 7 nitrogen and oxygen atoms in total. The summed E-state index contributed by atoms with van der Waals surface area (Å²) in [5, 5.41) is 3.62. The van der Waals surface area contributed by atoms with Gasteiger partial charge in [0.2, 0.25) is 5.91 Å². The molecule has 1 aliphatic heterocycles. The maximum Gasteiger partial charge on any atom is 0.228 e. The molecule has 6 rings (SSSR count). The highest BCUT2D eigenvalue weighted by atomic mass is 35.5. The van der Waals surface area contributed by atoms with Crippen molar-refractivity contribution in [2.45, 2.75) is 6.42 Å². The molecule has 0 aliphatic carbocycles. The SMILES string of the molecule is O=C(Cc1ccc(Cl)cc1)Nc1ccc(-c2ccc3ncc(N4CCN(c5ccncc5)CC4)nc3c2)cc1. The molecule has 2 aromatic heterocycles. The van der Waals surface area contributed by atoms with Crippen LogP contribution in [0, 0.1) is 0 Å². The molecular formula is C31H27ClN6O. The Hall–Kier alpha value is -4.49. The van der Waals surface area contributed by atoms with Gasteiger partial charge in [0.05, 0.1) is 23.7 Å². The Labute approximate surface area is 232 Å². The Balaban J connectivity index is 1.12. The van der Waals surface area contributed by atoms with Crippen molar-refractivity contribution in [1.82, 2.24) is 15.0 Å². The normalized spacial score (nSPS) is 13.5. The van der Waals surface area contributed by atoms with Gasteiger partial charge in [-0.2, -0.15) is 0 Å². The van der Waals surface area contributed by atoms with Crippen molar-refractivity contribution in [2.75, 3.05) is 41.3 Å². The van der Waals surface area contributed by atoms with Gasteiger partial charge in [0.1, 0.15) is 5.82 Å². The van der Waals surface area contributed by atoms with Gasteiger partial charge in [0.15, 0.2) is 0 Å². The fraction of sp³-hybridized carbons (Fsp3) is 0.161. The van der Waals surface area contributed by atoms with Crippen LogP contribution < -0.4 is 15.1 Å². The number of hydrogen-bond donors (Lipinski definition) is 1.